The highest BCUT2D eigenvalue weighted by Crippen LogP contribution is 2.12. The number of urea groups is 1. The van der Waals surface area contributed by atoms with Crippen molar-refractivity contribution in [3.63, 3.8) is 0 Å². The Hall–Kier alpha value is -1.81. The van der Waals surface area contributed by atoms with Gasteiger partial charge in [-0.1, -0.05) is 35.9 Å². The molecule has 3 nitrogen and oxygen atoms in total. The third-order valence-electron chi connectivity index (χ3n) is 3.12. The number of hydrogen-bond acceptors (Lipinski definition) is 2. The Morgan fingerprint density at radius 3 is 2.80 bits per heavy atom. The number of carbonyl (C=O) groups excluding carboxylic acids is 1. The molecule has 2 amide bonds. The van der Waals surface area contributed by atoms with E-state index in [9.17, 15) is 4.79 Å². The van der Waals surface area contributed by atoms with Crippen LogP contribution in [0.5, 0.6) is 0 Å². The van der Waals surface area contributed by atoms with Crippen molar-refractivity contribution in [3.05, 3.63) is 57.8 Å². The first-order valence-electron chi connectivity index (χ1n) is 6.79. The van der Waals surface area contributed by atoms with E-state index < -0.39 is 0 Å². The highest BCUT2D eigenvalue weighted by atomic mass is 32.1. The molecule has 106 valence electrons. The fraction of sp³-hybridized carbons (Fsp3) is 0.312. The molecule has 0 unspecified atom stereocenters. The zero-order chi connectivity index (χ0) is 14.4. The lowest BCUT2D eigenvalue weighted by atomic mass is 10.1. The second kappa shape index (κ2) is 7.10. The number of carbonyl (C=O) groups is 1. The van der Waals surface area contributed by atoms with Gasteiger partial charge >= 0.3 is 6.03 Å². The van der Waals surface area contributed by atoms with Crippen molar-refractivity contribution in [2.45, 2.75) is 26.9 Å². The van der Waals surface area contributed by atoms with Gasteiger partial charge in [0.25, 0.3) is 0 Å². The van der Waals surface area contributed by atoms with Crippen LogP contribution in [0.15, 0.2) is 41.8 Å². The quantitative estimate of drug-likeness (QED) is 0.892. The SMILES string of the molecule is CCN(Cc1cccs1)C(=O)NCc1cccc(C)c1. The van der Waals surface area contributed by atoms with Crippen molar-refractivity contribution >= 4 is 17.4 Å². The number of nitrogens with zero attached hydrogens (tertiary/aromatic N) is 1. The third-order valence-corrected chi connectivity index (χ3v) is 3.98. The smallest absolute Gasteiger partial charge is 0.317 e. The van der Waals surface area contributed by atoms with Gasteiger partial charge in [0.05, 0.1) is 6.54 Å². The van der Waals surface area contributed by atoms with Gasteiger partial charge in [-0.2, -0.15) is 0 Å². The molecule has 0 bridgehead atoms. The van der Waals surface area contributed by atoms with E-state index in [1.165, 1.54) is 10.4 Å². The number of amides is 2. The topological polar surface area (TPSA) is 32.3 Å². The monoisotopic (exact) mass is 288 g/mol. The lowest BCUT2D eigenvalue weighted by Crippen LogP contribution is -2.38. The minimum Gasteiger partial charge on any atom is -0.334 e. The predicted octanol–water partition coefficient (Wildman–Crippen LogP) is 3.79. The lowest BCUT2D eigenvalue weighted by molar-refractivity contribution is 0.198. The number of thiophene rings is 1. The molecule has 1 aromatic heterocycles. The fourth-order valence-corrected chi connectivity index (χ4v) is 2.75. The summed E-state index contributed by atoms with van der Waals surface area (Å²) in [5.74, 6) is 0. The maximum Gasteiger partial charge on any atom is 0.317 e. The minimum absolute atomic E-state index is 0.0117. The number of benzene rings is 1. The standard InChI is InChI=1S/C16H20N2OS/c1-3-18(12-15-8-5-9-20-15)16(19)17-11-14-7-4-6-13(2)10-14/h4-10H,3,11-12H2,1-2H3,(H,17,19). The normalized spacial score (nSPS) is 10.3. The van der Waals surface area contributed by atoms with Crippen LogP contribution in [0.2, 0.25) is 0 Å². The molecule has 0 radical (unpaired) electrons. The molecule has 0 atom stereocenters. The fourth-order valence-electron chi connectivity index (χ4n) is 2.03. The predicted molar refractivity (Wildman–Crippen MR) is 83.8 cm³/mol. The average molecular weight is 288 g/mol. The Labute approximate surface area is 124 Å². The maximum atomic E-state index is 12.2. The summed E-state index contributed by atoms with van der Waals surface area (Å²) in [5, 5.41) is 5.02. The summed E-state index contributed by atoms with van der Waals surface area (Å²) in [6.07, 6.45) is 0. The van der Waals surface area contributed by atoms with E-state index in [1.54, 1.807) is 11.3 Å². The van der Waals surface area contributed by atoms with E-state index in [-0.39, 0.29) is 6.03 Å². The van der Waals surface area contributed by atoms with Crippen LogP contribution in [0.1, 0.15) is 22.9 Å². The molecule has 0 saturated heterocycles. The lowest BCUT2D eigenvalue weighted by Gasteiger charge is -2.20. The largest absolute Gasteiger partial charge is 0.334 e. The Morgan fingerprint density at radius 1 is 1.30 bits per heavy atom. The maximum absolute atomic E-state index is 12.2. The molecule has 2 aromatic rings. The number of nitrogens with one attached hydrogen (secondary N) is 1. The number of hydrogen-bond donors (Lipinski definition) is 1. The van der Waals surface area contributed by atoms with E-state index in [0.29, 0.717) is 19.6 Å². The first-order valence-corrected chi connectivity index (χ1v) is 7.67. The molecule has 0 spiro atoms. The molecule has 1 N–H and O–H groups in total. The van der Waals surface area contributed by atoms with Gasteiger partial charge in [-0.05, 0) is 30.9 Å². The van der Waals surface area contributed by atoms with E-state index in [4.69, 9.17) is 0 Å². The second-order valence-corrected chi connectivity index (χ2v) is 5.77. The van der Waals surface area contributed by atoms with Crippen LogP contribution < -0.4 is 5.32 Å². The minimum atomic E-state index is -0.0117. The van der Waals surface area contributed by atoms with Gasteiger partial charge in [0.15, 0.2) is 0 Å². The molecule has 1 aromatic carbocycles. The summed E-state index contributed by atoms with van der Waals surface area (Å²) in [6, 6.07) is 12.3. The highest BCUT2D eigenvalue weighted by molar-refractivity contribution is 7.09. The second-order valence-electron chi connectivity index (χ2n) is 4.74. The van der Waals surface area contributed by atoms with Crippen LogP contribution in [0.25, 0.3) is 0 Å². The van der Waals surface area contributed by atoms with Gasteiger partial charge < -0.3 is 10.2 Å². The van der Waals surface area contributed by atoms with E-state index >= 15 is 0 Å². The summed E-state index contributed by atoms with van der Waals surface area (Å²) < 4.78 is 0. The van der Waals surface area contributed by atoms with Crippen LogP contribution in [-0.2, 0) is 13.1 Å². The molecule has 0 fully saturated rings. The zero-order valence-electron chi connectivity index (χ0n) is 11.9. The third kappa shape index (κ3) is 4.10. The first kappa shape index (κ1) is 14.6. The van der Waals surface area contributed by atoms with Crippen molar-refractivity contribution < 1.29 is 4.79 Å². The van der Waals surface area contributed by atoms with Crippen molar-refractivity contribution in [1.82, 2.24) is 10.2 Å². The number of aryl methyl sites for hydroxylation is 1. The van der Waals surface area contributed by atoms with Gasteiger partial charge in [0, 0.05) is 18.0 Å². The summed E-state index contributed by atoms with van der Waals surface area (Å²) in [7, 11) is 0. The van der Waals surface area contributed by atoms with Gasteiger partial charge in [-0.25, -0.2) is 4.79 Å². The zero-order valence-corrected chi connectivity index (χ0v) is 12.7. The Balaban J connectivity index is 1.89. The van der Waals surface area contributed by atoms with E-state index in [1.807, 2.05) is 35.4 Å². The van der Waals surface area contributed by atoms with Crippen LogP contribution >= 0.6 is 11.3 Å². The van der Waals surface area contributed by atoms with Crippen molar-refractivity contribution in [3.8, 4) is 0 Å². The van der Waals surface area contributed by atoms with Gasteiger partial charge in [0.1, 0.15) is 0 Å². The van der Waals surface area contributed by atoms with E-state index in [2.05, 4.69) is 30.4 Å². The first-order chi connectivity index (χ1) is 9.69. The summed E-state index contributed by atoms with van der Waals surface area (Å²) in [5.41, 5.74) is 2.34. The Morgan fingerprint density at radius 2 is 2.15 bits per heavy atom. The van der Waals surface area contributed by atoms with Crippen molar-refractivity contribution in [2.75, 3.05) is 6.54 Å². The average Bonchev–Trinajstić information content (AvgIpc) is 2.95. The molecule has 20 heavy (non-hydrogen) atoms. The van der Waals surface area contributed by atoms with Crippen LogP contribution in [0.3, 0.4) is 0 Å². The molecule has 0 aliphatic carbocycles. The molecule has 0 saturated carbocycles. The van der Waals surface area contributed by atoms with Gasteiger partial charge in [-0.15, -0.1) is 11.3 Å². The van der Waals surface area contributed by atoms with Crippen LogP contribution in [0.4, 0.5) is 4.79 Å². The molecule has 4 heteroatoms. The molecular weight excluding hydrogens is 268 g/mol. The van der Waals surface area contributed by atoms with E-state index in [0.717, 1.165) is 5.56 Å². The molecule has 0 aliphatic rings. The van der Waals surface area contributed by atoms with Crippen LogP contribution in [-0.4, -0.2) is 17.5 Å². The molecule has 0 aliphatic heterocycles. The summed E-state index contributed by atoms with van der Waals surface area (Å²) >= 11 is 1.68. The summed E-state index contributed by atoms with van der Waals surface area (Å²) in [4.78, 5) is 15.2. The highest BCUT2D eigenvalue weighted by Gasteiger charge is 2.11. The molecular formula is C16H20N2OS. The van der Waals surface area contributed by atoms with Crippen molar-refractivity contribution in [2.24, 2.45) is 0 Å². The number of rotatable bonds is 5. The van der Waals surface area contributed by atoms with Gasteiger partial charge in [-0.3, -0.25) is 0 Å². The molecule has 2 rings (SSSR count). The summed E-state index contributed by atoms with van der Waals surface area (Å²) in [6.45, 7) is 6.01. The molecule has 1 heterocycles. The Kier molecular flexibility index (Phi) is 5.18. The van der Waals surface area contributed by atoms with Gasteiger partial charge in [0.2, 0.25) is 0 Å². The Bertz CT molecular complexity index is 551. The van der Waals surface area contributed by atoms with Crippen molar-refractivity contribution in [1.29, 1.82) is 0 Å². The van der Waals surface area contributed by atoms with Crippen LogP contribution in [0, 0.1) is 6.92 Å².